The monoisotopic (exact) mass is 335 g/mol. The largest absolute Gasteiger partial charge is 0.495 e. The Kier molecular flexibility index (Phi) is 3.66. The van der Waals surface area contributed by atoms with E-state index < -0.39 is 0 Å². The minimum atomic E-state index is -0.158. The molecule has 0 aliphatic heterocycles. The SMILES string of the molecule is COc1cc(NC2CCc3cc(F)ccc32)ccc1Br. The Morgan fingerprint density at radius 2 is 2.10 bits per heavy atom. The summed E-state index contributed by atoms with van der Waals surface area (Å²) in [4.78, 5) is 0. The van der Waals surface area contributed by atoms with Gasteiger partial charge in [-0.1, -0.05) is 6.07 Å². The molecule has 0 fully saturated rings. The molecular formula is C16H15BrFNO. The molecule has 0 heterocycles. The van der Waals surface area contributed by atoms with Crippen molar-refractivity contribution >= 4 is 21.6 Å². The lowest BCUT2D eigenvalue weighted by atomic mass is 10.1. The summed E-state index contributed by atoms with van der Waals surface area (Å²) >= 11 is 3.44. The topological polar surface area (TPSA) is 21.3 Å². The van der Waals surface area contributed by atoms with Crippen molar-refractivity contribution < 1.29 is 9.13 Å². The van der Waals surface area contributed by atoms with Crippen LogP contribution in [-0.2, 0) is 6.42 Å². The minimum Gasteiger partial charge on any atom is -0.495 e. The summed E-state index contributed by atoms with van der Waals surface area (Å²) in [7, 11) is 1.65. The van der Waals surface area contributed by atoms with Gasteiger partial charge in [0.2, 0.25) is 0 Å². The molecule has 2 aromatic carbocycles. The van der Waals surface area contributed by atoms with Crippen molar-refractivity contribution in [1.29, 1.82) is 0 Å². The molecule has 20 heavy (non-hydrogen) atoms. The Morgan fingerprint density at radius 1 is 1.25 bits per heavy atom. The molecule has 2 aromatic rings. The summed E-state index contributed by atoms with van der Waals surface area (Å²) in [5.41, 5.74) is 3.30. The molecule has 1 aliphatic carbocycles. The number of anilines is 1. The van der Waals surface area contributed by atoms with E-state index in [1.54, 1.807) is 13.2 Å². The van der Waals surface area contributed by atoms with Crippen LogP contribution in [0.25, 0.3) is 0 Å². The number of benzene rings is 2. The third-order valence-electron chi connectivity index (χ3n) is 3.67. The predicted molar refractivity (Wildman–Crippen MR) is 81.8 cm³/mol. The van der Waals surface area contributed by atoms with E-state index in [1.807, 2.05) is 24.3 Å². The fraction of sp³-hybridized carbons (Fsp3) is 0.250. The maximum atomic E-state index is 13.2. The first kappa shape index (κ1) is 13.4. The van der Waals surface area contributed by atoms with Crippen LogP contribution < -0.4 is 10.1 Å². The molecule has 3 rings (SSSR count). The molecule has 0 bridgehead atoms. The van der Waals surface area contributed by atoms with Crippen LogP contribution in [0, 0.1) is 5.82 Å². The summed E-state index contributed by atoms with van der Waals surface area (Å²) in [5, 5.41) is 3.50. The van der Waals surface area contributed by atoms with Gasteiger partial charge in [0.05, 0.1) is 17.6 Å². The normalized spacial score (nSPS) is 16.9. The van der Waals surface area contributed by atoms with Gasteiger partial charge in [-0.2, -0.15) is 0 Å². The molecule has 0 spiro atoms. The van der Waals surface area contributed by atoms with Gasteiger partial charge in [0.25, 0.3) is 0 Å². The van der Waals surface area contributed by atoms with Crippen LogP contribution in [0.15, 0.2) is 40.9 Å². The first-order chi connectivity index (χ1) is 9.67. The predicted octanol–water partition coefficient (Wildman–Crippen LogP) is 4.70. The standard InChI is InChI=1S/C16H15BrFNO/c1-20-16-9-12(4-6-14(16)17)19-15-7-2-10-8-11(18)3-5-13(10)15/h3-6,8-9,15,19H,2,7H2,1H3. The summed E-state index contributed by atoms with van der Waals surface area (Å²) < 4.78 is 19.4. The van der Waals surface area contributed by atoms with Crippen molar-refractivity contribution in [3.63, 3.8) is 0 Å². The summed E-state index contributed by atoms with van der Waals surface area (Å²) in [6, 6.07) is 11.2. The Hall–Kier alpha value is -1.55. The second kappa shape index (κ2) is 5.44. The van der Waals surface area contributed by atoms with Gasteiger partial charge in [-0.25, -0.2) is 4.39 Å². The van der Waals surface area contributed by atoms with Crippen molar-refractivity contribution in [3.05, 3.63) is 57.8 Å². The second-order valence-electron chi connectivity index (χ2n) is 4.93. The number of hydrogen-bond acceptors (Lipinski definition) is 2. The highest BCUT2D eigenvalue weighted by Gasteiger charge is 2.22. The van der Waals surface area contributed by atoms with Gasteiger partial charge in [0.1, 0.15) is 11.6 Å². The third-order valence-corrected chi connectivity index (χ3v) is 4.33. The molecule has 2 nitrogen and oxygen atoms in total. The number of fused-ring (bicyclic) bond motifs is 1. The molecule has 0 aromatic heterocycles. The highest BCUT2D eigenvalue weighted by molar-refractivity contribution is 9.10. The second-order valence-corrected chi connectivity index (χ2v) is 5.78. The number of nitrogens with one attached hydrogen (secondary N) is 1. The first-order valence-corrected chi connectivity index (χ1v) is 7.35. The van der Waals surface area contributed by atoms with E-state index in [-0.39, 0.29) is 11.9 Å². The molecular weight excluding hydrogens is 321 g/mol. The third kappa shape index (κ3) is 2.52. The van der Waals surface area contributed by atoms with Crippen LogP contribution in [0.2, 0.25) is 0 Å². The quantitative estimate of drug-likeness (QED) is 0.877. The van der Waals surface area contributed by atoms with Gasteiger partial charge in [0, 0.05) is 11.8 Å². The van der Waals surface area contributed by atoms with E-state index in [4.69, 9.17) is 4.74 Å². The number of aryl methyl sites for hydroxylation is 1. The van der Waals surface area contributed by atoms with Gasteiger partial charge < -0.3 is 10.1 Å². The summed E-state index contributed by atoms with van der Waals surface area (Å²) in [6.45, 7) is 0. The Labute approximate surface area is 126 Å². The number of ether oxygens (including phenoxy) is 1. The fourth-order valence-electron chi connectivity index (χ4n) is 2.69. The van der Waals surface area contributed by atoms with Gasteiger partial charge in [-0.15, -0.1) is 0 Å². The molecule has 4 heteroatoms. The number of hydrogen-bond donors (Lipinski definition) is 1. The lowest BCUT2D eigenvalue weighted by Crippen LogP contribution is -2.07. The average molecular weight is 336 g/mol. The van der Waals surface area contributed by atoms with Gasteiger partial charge in [-0.3, -0.25) is 0 Å². The van der Waals surface area contributed by atoms with E-state index in [2.05, 4.69) is 21.2 Å². The zero-order valence-corrected chi connectivity index (χ0v) is 12.7. The molecule has 0 saturated carbocycles. The molecule has 1 N–H and O–H groups in total. The first-order valence-electron chi connectivity index (χ1n) is 6.56. The van der Waals surface area contributed by atoms with Crippen LogP contribution in [-0.4, -0.2) is 7.11 Å². The van der Waals surface area contributed by atoms with E-state index in [1.165, 1.54) is 11.6 Å². The molecule has 1 aliphatic rings. The maximum absolute atomic E-state index is 13.2. The van der Waals surface area contributed by atoms with Crippen LogP contribution in [0.3, 0.4) is 0 Å². The van der Waals surface area contributed by atoms with Crippen LogP contribution >= 0.6 is 15.9 Å². The van der Waals surface area contributed by atoms with Crippen LogP contribution in [0.5, 0.6) is 5.75 Å². The van der Waals surface area contributed by atoms with Crippen molar-refractivity contribution in [2.24, 2.45) is 0 Å². The lowest BCUT2D eigenvalue weighted by molar-refractivity contribution is 0.412. The summed E-state index contributed by atoms with van der Waals surface area (Å²) in [6.07, 6.45) is 1.90. The van der Waals surface area contributed by atoms with Gasteiger partial charge in [0.15, 0.2) is 0 Å². The molecule has 1 unspecified atom stereocenters. The zero-order chi connectivity index (χ0) is 14.1. The zero-order valence-electron chi connectivity index (χ0n) is 11.1. The number of methoxy groups -OCH3 is 1. The van der Waals surface area contributed by atoms with E-state index >= 15 is 0 Å². The lowest BCUT2D eigenvalue weighted by Gasteiger charge is -2.16. The number of rotatable bonds is 3. The van der Waals surface area contributed by atoms with E-state index in [9.17, 15) is 4.39 Å². The van der Waals surface area contributed by atoms with Crippen LogP contribution in [0.1, 0.15) is 23.6 Å². The molecule has 1 atom stereocenters. The highest BCUT2D eigenvalue weighted by atomic mass is 79.9. The minimum absolute atomic E-state index is 0.158. The van der Waals surface area contributed by atoms with Crippen molar-refractivity contribution in [3.8, 4) is 5.75 Å². The van der Waals surface area contributed by atoms with E-state index in [0.29, 0.717) is 0 Å². The molecule has 0 radical (unpaired) electrons. The number of halogens is 2. The van der Waals surface area contributed by atoms with E-state index in [0.717, 1.165) is 34.3 Å². The molecule has 104 valence electrons. The average Bonchev–Trinajstić information content (AvgIpc) is 2.83. The van der Waals surface area contributed by atoms with Gasteiger partial charge in [-0.05, 0) is 64.2 Å². The summed E-state index contributed by atoms with van der Waals surface area (Å²) in [5.74, 6) is 0.641. The van der Waals surface area contributed by atoms with Crippen LogP contribution in [0.4, 0.5) is 10.1 Å². The Bertz CT molecular complexity index is 644. The fourth-order valence-corrected chi connectivity index (χ4v) is 3.10. The maximum Gasteiger partial charge on any atom is 0.135 e. The van der Waals surface area contributed by atoms with Crippen molar-refractivity contribution in [2.75, 3.05) is 12.4 Å². The Morgan fingerprint density at radius 3 is 2.90 bits per heavy atom. The molecule has 0 amide bonds. The smallest absolute Gasteiger partial charge is 0.135 e. The highest BCUT2D eigenvalue weighted by Crippen LogP contribution is 2.36. The Balaban J connectivity index is 1.84. The van der Waals surface area contributed by atoms with Crippen molar-refractivity contribution in [1.82, 2.24) is 0 Å². The van der Waals surface area contributed by atoms with Crippen molar-refractivity contribution in [2.45, 2.75) is 18.9 Å². The van der Waals surface area contributed by atoms with Gasteiger partial charge >= 0.3 is 0 Å². The molecule has 0 saturated heterocycles.